The lowest BCUT2D eigenvalue weighted by Crippen LogP contribution is -2.67. The Morgan fingerprint density at radius 1 is 0.418 bits per heavy atom. The first-order chi connectivity index (χ1) is 26.2. The average molecular weight is 803 g/mol. The van der Waals surface area contributed by atoms with E-state index in [0.29, 0.717) is 0 Å². The summed E-state index contributed by atoms with van der Waals surface area (Å²) in [7, 11) is 0. The molecule has 2 aliphatic carbocycles. The van der Waals surface area contributed by atoms with Gasteiger partial charge in [0.15, 0.2) is 12.6 Å². The van der Waals surface area contributed by atoms with Crippen LogP contribution in [0.25, 0.3) is 0 Å². The second-order valence-corrected chi connectivity index (χ2v) is 14.5. The number of hydrogen-bond acceptors (Lipinski definition) is 23. The molecule has 20 atom stereocenters. The van der Waals surface area contributed by atoms with Crippen molar-refractivity contribution in [1.29, 1.82) is 0 Å². The summed E-state index contributed by atoms with van der Waals surface area (Å²) in [5.74, 6) is 0. The maximum absolute atomic E-state index is 10.8. The van der Waals surface area contributed by atoms with Crippen molar-refractivity contribution < 1.29 is 73.3 Å². The molecule has 22 N–H and O–H groups in total. The van der Waals surface area contributed by atoms with Crippen LogP contribution in [0.3, 0.4) is 0 Å². The largest absolute Gasteiger partial charge is 0.389 e. The first-order valence-electron chi connectivity index (χ1n) is 18.8. The normalized spacial score (nSPS) is 45.5. The SMILES string of the molecule is NC[C@H]1O[C@H](O[C@H]2[C@H](OCCOCCOCCOCCO[C@@H]3[C@@H](O)[C@H](N)C[C@H](N)[C@H]3O[C@H]3O[C@H](CN)[C@@H](O)[C@H](O)[C@H]3N)[C@@H](O)[C@H](N)C[C@@H]2N)[C@H](N)[C@@H](O)[C@@H]1O. The molecular weight excluding hydrogens is 736 g/mol. The van der Waals surface area contributed by atoms with Crippen molar-refractivity contribution in [3.8, 4) is 0 Å². The lowest BCUT2D eigenvalue weighted by atomic mass is 9.84. The van der Waals surface area contributed by atoms with Crippen LogP contribution < -0.4 is 45.9 Å². The van der Waals surface area contributed by atoms with Crippen LogP contribution >= 0.6 is 0 Å². The highest BCUT2D eigenvalue weighted by Crippen LogP contribution is 2.30. The van der Waals surface area contributed by atoms with Crippen LogP contribution in [0.5, 0.6) is 0 Å². The summed E-state index contributed by atoms with van der Waals surface area (Å²) in [5, 5.41) is 62.6. The van der Waals surface area contributed by atoms with Crippen molar-refractivity contribution in [2.24, 2.45) is 45.9 Å². The first kappa shape index (κ1) is 46.8. The van der Waals surface area contributed by atoms with E-state index in [1.54, 1.807) is 0 Å². The highest BCUT2D eigenvalue weighted by atomic mass is 16.7. The maximum atomic E-state index is 10.8. The quantitative estimate of drug-likeness (QED) is 0.0508. The molecule has 4 rings (SSSR count). The average Bonchev–Trinajstić information content (AvgIpc) is 3.16. The number of hydrogen-bond donors (Lipinski definition) is 14. The molecule has 2 heterocycles. The summed E-state index contributed by atoms with van der Waals surface area (Å²) in [6.07, 6.45) is -15.0. The second-order valence-electron chi connectivity index (χ2n) is 14.5. The summed E-state index contributed by atoms with van der Waals surface area (Å²) in [5.41, 5.74) is 48.2. The van der Waals surface area contributed by atoms with Gasteiger partial charge in [-0.15, -0.1) is 0 Å². The van der Waals surface area contributed by atoms with Crippen molar-refractivity contribution in [3.05, 3.63) is 0 Å². The molecule has 2 saturated carbocycles. The van der Waals surface area contributed by atoms with E-state index in [0.717, 1.165) is 0 Å². The zero-order valence-corrected chi connectivity index (χ0v) is 31.0. The minimum absolute atomic E-state index is 0.0612. The van der Waals surface area contributed by atoms with Gasteiger partial charge < -0.3 is 119 Å². The smallest absolute Gasteiger partial charge is 0.176 e. The molecule has 0 bridgehead atoms. The predicted octanol–water partition coefficient (Wildman–Crippen LogP) is -9.12. The van der Waals surface area contributed by atoms with E-state index in [-0.39, 0.29) is 78.8 Å². The van der Waals surface area contributed by atoms with Crippen molar-refractivity contribution in [1.82, 2.24) is 0 Å². The number of nitrogens with two attached hydrogens (primary N) is 8. The van der Waals surface area contributed by atoms with E-state index in [4.69, 9.17) is 88.5 Å². The van der Waals surface area contributed by atoms with Crippen LogP contribution in [-0.2, 0) is 42.6 Å². The topological polar surface area (TPSA) is 413 Å². The first-order valence-corrected chi connectivity index (χ1v) is 18.8. The third-order valence-electron chi connectivity index (χ3n) is 10.5. The summed E-state index contributed by atoms with van der Waals surface area (Å²) >= 11 is 0. The summed E-state index contributed by atoms with van der Waals surface area (Å²) in [4.78, 5) is 0. The van der Waals surface area contributed by atoms with Crippen LogP contribution in [0.15, 0.2) is 0 Å². The molecule has 0 unspecified atom stereocenters. The fourth-order valence-electron chi connectivity index (χ4n) is 7.16. The number of aliphatic hydroxyl groups excluding tert-OH is 6. The molecule has 23 nitrogen and oxygen atoms in total. The third-order valence-corrected chi connectivity index (χ3v) is 10.5. The van der Waals surface area contributed by atoms with Gasteiger partial charge in [0.25, 0.3) is 0 Å². The van der Waals surface area contributed by atoms with Crippen LogP contribution in [-0.4, -0.2) is 219 Å². The van der Waals surface area contributed by atoms with E-state index in [9.17, 15) is 30.6 Å². The summed E-state index contributed by atoms with van der Waals surface area (Å²) < 4.78 is 51.9. The molecule has 0 amide bonds. The van der Waals surface area contributed by atoms with Gasteiger partial charge in [-0.1, -0.05) is 0 Å². The molecule has 4 fully saturated rings. The van der Waals surface area contributed by atoms with Crippen LogP contribution in [0.2, 0.25) is 0 Å². The fourth-order valence-corrected chi connectivity index (χ4v) is 7.16. The van der Waals surface area contributed by atoms with E-state index in [1.165, 1.54) is 0 Å². The molecule has 2 saturated heterocycles. The minimum Gasteiger partial charge on any atom is -0.389 e. The molecule has 23 heteroatoms. The van der Waals surface area contributed by atoms with Crippen molar-refractivity contribution in [3.63, 3.8) is 0 Å². The van der Waals surface area contributed by atoms with Gasteiger partial charge in [-0.25, -0.2) is 0 Å². The molecule has 2 aliphatic heterocycles. The monoisotopic (exact) mass is 802 g/mol. The summed E-state index contributed by atoms with van der Waals surface area (Å²) in [6, 6.07) is -4.86. The van der Waals surface area contributed by atoms with Crippen molar-refractivity contribution >= 4 is 0 Å². The van der Waals surface area contributed by atoms with E-state index in [2.05, 4.69) is 0 Å². The number of ether oxygens (including phenoxy) is 9. The molecule has 0 aromatic rings. The second kappa shape index (κ2) is 22.5. The van der Waals surface area contributed by atoms with E-state index >= 15 is 0 Å². The molecule has 324 valence electrons. The maximum Gasteiger partial charge on any atom is 0.176 e. The van der Waals surface area contributed by atoms with Crippen LogP contribution in [0, 0.1) is 0 Å². The van der Waals surface area contributed by atoms with Gasteiger partial charge in [0.05, 0.1) is 77.1 Å². The molecule has 0 aromatic carbocycles. The highest BCUT2D eigenvalue weighted by Gasteiger charge is 2.50. The Morgan fingerprint density at radius 3 is 1.07 bits per heavy atom. The lowest BCUT2D eigenvalue weighted by molar-refractivity contribution is -0.291. The Balaban J connectivity index is 1.10. The lowest BCUT2D eigenvalue weighted by Gasteiger charge is -2.46. The predicted molar refractivity (Wildman–Crippen MR) is 190 cm³/mol. The van der Waals surface area contributed by atoms with Gasteiger partial charge in [0.2, 0.25) is 0 Å². The molecule has 0 radical (unpaired) electrons. The van der Waals surface area contributed by atoms with Gasteiger partial charge in [-0.05, 0) is 12.8 Å². The Labute approximate surface area is 320 Å². The third kappa shape index (κ3) is 12.1. The molecule has 4 aliphatic rings. The van der Waals surface area contributed by atoms with Gasteiger partial charge in [-0.3, -0.25) is 0 Å². The van der Waals surface area contributed by atoms with E-state index < -0.39 is 122 Å². The van der Waals surface area contributed by atoms with Gasteiger partial charge in [-0.2, -0.15) is 0 Å². The van der Waals surface area contributed by atoms with Crippen LogP contribution in [0.4, 0.5) is 0 Å². The molecule has 55 heavy (non-hydrogen) atoms. The van der Waals surface area contributed by atoms with Gasteiger partial charge >= 0.3 is 0 Å². The number of rotatable bonds is 20. The summed E-state index contributed by atoms with van der Waals surface area (Å²) in [6.45, 7) is 1.24. The van der Waals surface area contributed by atoms with Gasteiger partial charge in [0, 0.05) is 37.3 Å². The van der Waals surface area contributed by atoms with Crippen molar-refractivity contribution in [2.45, 2.75) is 135 Å². The Hall–Kier alpha value is -0.920. The molecule has 0 aromatic heterocycles. The Kier molecular flexibility index (Phi) is 19.1. The van der Waals surface area contributed by atoms with Gasteiger partial charge in [0.1, 0.15) is 61.0 Å². The molecular formula is C32H66N8O15. The Morgan fingerprint density at radius 2 is 0.745 bits per heavy atom. The highest BCUT2D eigenvalue weighted by molar-refractivity contribution is 5.02. The Bertz CT molecular complexity index is 1020. The standard InChI is InChI=1S/C32H66N8O15/c33-11-17-23(43)25(45)19(39)31(52-17)54-27-15(37)9-13(35)21(41)29(27)50-7-5-48-3-1-47-2-4-49-6-8-51-30-22(42)14(36)10-16(38)28(30)55-32-20(40)26(46)24(44)18(12-34)53-32/h13-32,41-46H,1-12,33-40H2/t13-,14-,15+,16+,17-,18-,19-,20-,21+,22+,23-,24-,25-,26-,27-,28-,29-,30-,31-,32-/m1/s1. The number of aliphatic hydroxyl groups is 6. The zero-order chi connectivity index (χ0) is 40.4. The van der Waals surface area contributed by atoms with E-state index in [1.807, 2.05) is 0 Å². The van der Waals surface area contributed by atoms with Crippen molar-refractivity contribution in [2.75, 3.05) is 65.9 Å². The minimum atomic E-state index is -1.35. The molecule has 0 spiro atoms. The van der Waals surface area contributed by atoms with Crippen LogP contribution in [0.1, 0.15) is 12.8 Å². The zero-order valence-electron chi connectivity index (χ0n) is 31.0. The fraction of sp³-hybridized carbons (Fsp3) is 1.00.